The lowest BCUT2D eigenvalue weighted by Crippen LogP contribution is -2.10. The molecule has 3 N–H and O–H groups in total. The van der Waals surface area contributed by atoms with Crippen molar-refractivity contribution in [2.45, 2.75) is 6.61 Å². The molecule has 0 saturated heterocycles. The lowest BCUT2D eigenvalue weighted by molar-refractivity contribution is 0.184. The number of amidine groups is 1. The van der Waals surface area contributed by atoms with Gasteiger partial charge < -0.3 is 15.2 Å². The van der Waals surface area contributed by atoms with Gasteiger partial charge >= 0.3 is 0 Å². The first-order valence-electron chi connectivity index (χ1n) is 6.00. The first-order valence-corrected chi connectivity index (χ1v) is 6.79. The standard InChI is InChI=1S/C15H15BrN2O2/c1-19-9-10-3-2-4-12(7-10)20-14-6-5-11(15(17)18)8-13(14)16/h2-8H,9H2,1H3,(H3,17,18). The van der Waals surface area contributed by atoms with Crippen LogP contribution < -0.4 is 10.5 Å². The van der Waals surface area contributed by atoms with Gasteiger partial charge in [0.15, 0.2) is 0 Å². The van der Waals surface area contributed by atoms with Gasteiger partial charge in [0.1, 0.15) is 17.3 Å². The molecular weight excluding hydrogens is 320 g/mol. The predicted octanol–water partition coefficient (Wildman–Crippen LogP) is 3.67. The van der Waals surface area contributed by atoms with Crippen LogP contribution in [0.3, 0.4) is 0 Å². The van der Waals surface area contributed by atoms with Gasteiger partial charge in [0.25, 0.3) is 0 Å². The zero-order valence-corrected chi connectivity index (χ0v) is 12.6. The maximum atomic E-state index is 7.40. The minimum Gasteiger partial charge on any atom is -0.456 e. The van der Waals surface area contributed by atoms with Crippen LogP contribution in [-0.2, 0) is 11.3 Å². The third-order valence-electron chi connectivity index (χ3n) is 2.68. The Bertz CT molecular complexity index is 629. The number of ether oxygens (including phenoxy) is 2. The monoisotopic (exact) mass is 334 g/mol. The summed E-state index contributed by atoms with van der Waals surface area (Å²) in [4.78, 5) is 0. The molecule has 0 saturated carbocycles. The van der Waals surface area contributed by atoms with Crippen molar-refractivity contribution in [2.24, 2.45) is 5.73 Å². The molecule has 0 fully saturated rings. The van der Waals surface area contributed by atoms with Gasteiger partial charge in [0.05, 0.1) is 11.1 Å². The van der Waals surface area contributed by atoms with Crippen molar-refractivity contribution in [3.8, 4) is 11.5 Å². The molecule has 2 aromatic carbocycles. The van der Waals surface area contributed by atoms with Crippen molar-refractivity contribution in [2.75, 3.05) is 7.11 Å². The number of nitrogen functional groups attached to an aromatic ring is 1. The third kappa shape index (κ3) is 3.59. The van der Waals surface area contributed by atoms with Gasteiger partial charge in [-0.3, -0.25) is 5.41 Å². The van der Waals surface area contributed by atoms with Crippen LogP contribution in [-0.4, -0.2) is 12.9 Å². The Morgan fingerprint density at radius 3 is 2.70 bits per heavy atom. The number of benzene rings is 2. The average Bonchev–Trinajstić information content (AvgIpc) is 2.42. The molecule has 0 aromatic heterocycles. The second kappa shape index (κ2) is 6.54. The molecule has 4 nitrogen and oxygen atoms in total. The number of nitrogens with two attached hydrogens (primary N) is 1. The lowest BCUT2D eigenvalue weighted by Gasteiger charge is -2.10. The highest BCUT2D eigenvalue weighted by Crippen LogP contribution is 2.30. The summed E-state index contributed by atoms with van der Waals surface area (Å²) in [6.07, 6.45) is 0. The quantitative estimate of drug-likeness (QED) is 0.647. The van der Waals surface area contributed by atoms with E-state index < -0.39 is 0 Å². The van der Waals surface area contributed by atoms with Gasteiger partial charge in [0, 0.05) is 12.7 Å². The SMILES string of the molecule is COCc1cccc(Oc2ccc(C(=N)N)cc2Br)c1. The molecule has 0 heterocycles. The molecule has 0 amide bonds. The van der Waals surface area contributed by atoms with Crippen molar-refractivity contribution in [3.63, 3.8) is 0 Å². The molecule has 0 aliphatic heterocycles. The Kier molecular flexibility index (Phi) is 4.76. The maximum Gasteiger partial charge on any atom is 0.141 e. The second-order valence-corrected chi connectivity index (χ2v) is 5.10. The van der Waals surface area contributed by atoms with E-state index in [2.05, 4.69) is 15.9 Å². The fourth-order valence-corrected chi connectivity index (χ4v) is 2.20. The van der Waals surface area contributed by atoms with Gasteiger partial charge in [-0.25, -0.2) is 0 Å². The number of hydrogen-bond acceptors (Lipinski definition) is 3. The summed E-state index contributed by atoms with van der Waals surface area (Å²) >= 11 is 3.42. The Balaban J connectivity index is 2.21. The summed E-state index contributed by atoms with van der Waals surface area (Å²) in [5, 5.41) is 7.40. The zero-order valence-electron chi connectivity index (χ0n) is 11.0. The molecule has 5 heteroatoms. The molecule has 0 radical (unpaired) electrons. The maximum absolute atomic E-state index is 7.40. The highest BCUT2D eigenvalue weighted by atomic mass is 79.9. The van der Waals surface area contributed by atoms with E-state index in [4.69, 9.17) is 20.6 Å². The molecule has 104 valence electrons. The molecule has 2 rings (SSSR count). The van der Waals surface area contributed by atoms with Crippen LogP contribution in [0.1, 0.15) is 11.1 Å². The van der Waals surface area contributed by atoms with Crippen LogP contribution in [0.2, 0.25) is 0 Å². The largest absolute Gasteiger partial charge is 0.456 e. The van der Waals surface area contributed by atoms with Gasteiger partial charge in [-0.05, 0) is 51.8 Å². The van der Waals surface area contributed by atoms with E-state index in [1.54, 1.807) is 25.3 Å². The summed E-state index contributed by atoms with van der Waals surface area (Å²) in [5.74, 6) is 1.43. The summed E-state index contributed by atoms with van der Waals surface area (Å²) in [6, 6.07) is 13.0. The van der Waals surface area contributed by atoms with E-state index in [0.29, 0.717) is 17.9 Å². The first kappa shape index (κ1) is 14.6. The molecule has 0 aliphatic rings. The van der Waals surface area contributed by atoms with E-state index >= 15 is 0 Å². The number of hydrogen-bond donors (Lipinski definition) is 2. The van der Waals surface area contributed by atoms with Crippen molar-refractivity contribution >= 4 is 21.8 Å². The highest BCUT2D eigenvalue weighted by Gasteiger charge is 2.06. The number of methoxy groups -OCH3 is 1. The molecule has 0 aliphatic carbocycles. The zero-order chi connectivity index (χ0) is 14.5. The second-order valence-electron chi connectivity index (χ2n) is 4.24. The highest BCUT2D eigenvalue weighted by molar-refractivity contribution is 9.10. The molecule has 0 atom stereocenters. The number of halogens is 1. The molecule has 2 aromatic rings. The van der Waals surface area contributed by atoms with Gasteiger partial charge in [-0.1, -0.05) is 12.1 Å². The Morgan fingerprint density at radius 2 is 2.05 bits per heavy atom. The number of rotatable bonds is 5. The van der Waals surface area contributed by atoms with Crippen LogP contribution in [0, 0.1) is 5.41 Å². The average molecular weight is 335 g/mol. The predicted molar refractivity (Wildman–Crippen MR) is 82.4 cm³/mol. The Labute approximate surface area is 126 Å². The van der Waals surface area contributed by atoms with Gasteiger partial charge in [-0.15, -0.1) is 0 Å². The van der Waals surface area contributed by atoms with E-state index in [1.165, 1.54) is 0 Å². The molecule has 0 unspecified atom stereocenters. The lowest BCUT2D eigenvalue weighted by atomic mass is 10.2. The van der Waals surface area contributed by atoms with Crippen LogP contribution in [0.5, 0.6) is 11.5 Å². The van der Waals surface area contributed by atoms with Crippen molar-refractivity contribution < 1.29 is 9.47 Å². The van der Waals surface area contributed by atoms with Crippen molar-refractivity contribution in [1.82, 2.24) is 0 Å². The fourth-order valence-electron chi connectivity index (χ4n) is 1.74. The van der Waals surface area contributed by atoms with E-state index in [1.807, 2.05) is 24.3 Å². The summed E-state index contributed by atoms with van der Waals surface area (Å²) in [7, 11) is 1.66. The topological polar surface area (TPSA) is 68.3 Å². The van der Waals surface area contributed by atoms with Crippen molar-refractivity contribution in [3.05, 3.63) is 58.1 Å². The Hall–Kier alpha value is -1.85. The summed E-state index contributed by atoms with van der Waals surface area (Å²) in [5.41, 5.74) is 7.14. The molecular formula is C15H15BrN2O2. The number of nitrogens with one attached hydrogen (secondary N) is 1. The molecule has 0 spiro atoms. The van der Waals surface area contributed by atoms with Crippen LogP contribution in [0.15, 0.2) is 46.9 Å². The summed E-state index contributed by atoms with van der Waals surface area (Å²) < 4.78 is 11.7. The van der Waals surface area contributed by atoms with E-state index in [-0.39, 0.29) is 5.84 Å². The van der Waals surface area contributed by atoms with Gasteiger partial charge in [-0.2, -0.15) is 0 Å². The van der Waals surface area contributed by atoms with Crippen LogP contribution >= 0.6 is 15.9 Å². The first-order chi connectivity index (χ1) is 9.60. The minimum absolute atomic E-state index is 0.0272. The normalized spacial score (nSPS) is 10.3. The Morgan fingerprint density at radius 1 is 1.25 bits per heavy atom. The van der Waals surface area contributed by atoms with Gasteiger partial charge in [0.2, 0.25) is 0 Å². The molecule has 0 bridgehead atoms. The van der Waals surface area contributed by atoms with Crippen LogP contribution in [0.25, 0.3) is 0 Å². The smallest absolute Gasteiger partial charge is 0.141 e. The third-order valence-corrected chi connectivity index (χ3v) is 3.30. The van der Waals surface area contributed by atoms with E-state index in [9.17, 15) is 0 Å². The molecule has 20 heavy (non-hydrogen) atoms. The fraction of sp³-hybridized carbons (Fsp3) is 0.133. The minimum atomic E-state index is 0.0272. The van der Waals surface area contributed by atoms with Crippen molar-refractivity contribution in [1.29, 1.82) is 5.41 Å². The summed E-state index contributed by atoms with van der Waals surface area (Å²) in [6.45, 7) is 0.543. The van der Waals surface area contributed by atoms with E-state index in [0.717, 1.165) is 15.8 Å². The van der Waals surface area contributed by atoms with Crippen LogP contribution in [0.4, 0.5) is 0 Å².